The topological polar surface area (TPSA) is 54.0 Å². The molecule has 0 aromatic heterocycles. The van der Waals surface area contributed by atoms with Gasteiger partial charge in [-0.3, -0.25) is 9.05 Å². The fraction of sp³-hybridized carbons (Fsp3) is 0.455. The van der Waals surface area contributed by atoms with Crippen molar-refractivity contribution >= 4 is 7.82 Å². The average molecular weight is 258 g/mol. The summed E-state index contributed by atoms with van der Waals surface area (Å²) in [6, 6.07) is 9.78. The fourth-order valence-corrected chi connectivity index (χ4v) is 2.73. The van der Waals surface area contributed by atoms with Crippen LogP contribution < -0.4 is 0 Å². The molecule has 1 heterocycles. The molecule has 1 aliphatic rings. The van der Waals surface area contributed by atoms with Gasteiger partial charge in [-0.2, -0.15) is 0 Å². The van der Waals surface area contributed by atoms with E-state index in [0.717, 1.165) is 5.56 Å². The maximum atomic E-state index is 11.8. The molecule has 1 aromatic rings. The monoisotopic (exact) mass is 258 g/mol. The fourth-order valence-electron chi connectivity index (χ4n) is 1.58. The number of rotatable bonds is 4. The van der Waals surface area contributed by atoms with Crippen molar-refractivity contribution < 1.29 is 23.2 Å². The van der Waals surface area contributed by atoms with E-state index in [2.05, 4.69) is 4.67 Å². The van der Waals surface area contributed by atoms with Gasteiger partial charge in [0.05, 0.1) is 6.61 Å². The minimum Gasteiger partial charge on any atom is -0.286 e. The summed E-state index contributed by atoms with van der Waals surface area (Å²) >= 11 is 0. The van der Waals surface area contributed by atoms with Crippen molar-refractivity contribution in [1.82, 2.24) is 0 Å². The van der Waals surface area contributed by atoms with Crippen molar-refractivity contribution in [2.45, 2.75) is 19.4 Å². The molecule has 0 spiro atoms. The molecular formula is C11H15O5P. The number of hydrogen-bond donors (Lipinski definition) is 0. The van der Waals surface area contributed by atoms with Crippen LogP contribution in [0.2, 0.25) is 0 Å². The van der Waals surface area contributed by atoms with Crippen LogP contribution >= 0.6 is 7.82 Å². The van der Waals surface area contributed by atoms with E-state index in [0.29, 0.717) is 6.42 Å². The predicted molar refractivity (Wildman–Crippen MR) is 61.3 cm³/mol. The van der Waals surface area contributed by atoms with E-state index >= 15 is 0 Å². The van der Waals surface area contributed by atoms with Gasteiger partial charge in [0.25, 0.3) is 0 Å². The van der Waals surface area contributed by atoms with Gasteiger partial charge in [0, 0.05) is 6.42 Å². The van der Waals surface area contributed by atoms with Crippen molar-refractivity contribution in [2.75, 3.05) is 13.2 Å². The average Bonchev–Trinajstić information content (AvgIpc) is 2.30. The van der Waals surface area contributed by atoms with Crippen molar-refractivity contribution in [3.8, 4) is 0 Å². The Morgan fingerprint density at radius 2 is 2.18 bits per heavy atom. The number of phosphoric acid groups is 1. The molecule has 94 valence electrons. The Morgan fingerprint density at radius 3 is 2.88 bits per heavy atom. The van der Waals surface area contributed by atoms with Gasteiger partial charge in [-0.25, -0.2) is 9.45 Å². The third-order valence-electron chi connectivity index (χ3n) is 2.27. The lowest BCUT2D eigenvalue weighted by atomic mass is 10.1. The zero-order chi connectivity index (χ0) is 12.1. The molecule has 1 fully saturated rings. The van der Waals surface area contributed by atoms with E-state index in [9.17, 15) is 4.57 Å². The molecular weight excluding hydrogens is 243 g/mol. The maximum absolute atomic E-state index is 11.8. The van der Waals surface area contributed by atoms with Gasteiger partial charge in [0.1, 0.15) is 12.7 Å². The third-order valence-corrected chi connectivity index (χ3v) is 3.69. The standard InChI is InChI=1S/C11H15O5P/c1-2-14-17(12)15-11(9-13-16-17)8-10-6-4-3-5-7-10/h3-7,11H,2,8-9H2,1H3. The Balaban J connectivity index is 1.96. The summed E-state index contributed by atoms with van der Waals surface area (Å²) < 4.78 is 26.7. The molecule has 0 saturated carbocycles. The Hall–Kier alpha value is -0.710. The van der Waals surface area contributed by atoms with E-state index in [1.807, 2.05) is 30.3 Å². The van der Waals surface area contributed by atoms with Gasteiger partial charge in [-0.15, -0.1) is 4.67 Å². The molecule has 0 amide bonds. The first-order valence-electron chi connectivity index (χ1n) is 5.50. The van der Waals surface area contributed by atoms with Crippen LogP contribution in [0.25, 0.3) is 0 Å². The SMILES string of the molecule is CCOP1(=O)OOCC(Cc2ccccc2)O1. The molecule has 0 N–H and O–H groups in total. The van der Waals surface area contributed by atoms with Crippen LogP contribution in [-0.2, 0) is 29.6 Å². The van der Waals surface area contributed by atoms with Gasteiger partial charge in [-0.1, -0.05) is 30.3 Å². The molecule has 1 saturated heterocycles. The van der Waals surface area contributed by atoms with E-state index in [4.69, 9.17) is 13.9 Å². The highest BCUT2D eigenvalue weighted by atomic mass is 31.2. The van der Waals surface area contributed by atoms with E-state index in [-0.39, 0.29) is 19.3 Å². The summed E-state index contributed by atoms with van der Waals surface area (Å²) in [7, 11) is -3.53. The summed E-state index contributed by atoms with van der Waals surface area (Å²) in [5, 5.41) is 0. The van der Waals surface area contributed by atoms with E-state index in [1.54, 1.807) is 6.92 Å². The lowest BCUT2D eigenvalue weighted by molar-refractivity contribution is -0.268. The molecule has 2 atom stereocenters. The number of benzene rings is 1. The molecule has 1 aromatic carbocycles. The molecule has 0 bridgehead atoms. The van der Waals surface area contributed by atoms with Crippen molar-refractivity contribution in [3.05, 3.63) is 35.9 Å². The first-order valence-corrected chi connectivity index (χ1v) is 6.96. The van der Waals surface area contributed by atoms with Crippen LogP contribution in [0.3, 0.4) is 0 Å². The minimum absolute atomic E-state index is 0.242. The molecule has 0 radical (unpaired) electrons. The Morgan fingerprint density at radius 1 is 1.41 bits per heavy atom. The Kier molecular flexibility index (Phi) is 4.31. The summed E-state index contributed by atoms with van der Waals surface area (Å²) in [5.74, 6) is 0. The minimum atomic E-state index is -3.53. The van der Waals surface area contributed by atoms with Gasteiger partial charge >= 0.3 is 7.82 Å². The number of phosphoric ester groups is 1. The normalized spacial score (nSPS) is 29.1. The Labute approximate surface area is 100 Å². The lowest BCUT2D eigenvalue weighted by Crippen LogP contribution is -2.27. The second-order valence-corrected chi connectivity index (χ2v) is 5.15. The van der Waals surface area contributed by atoms with Crippen LogP contribution in [0.1, 0.15) is 12.5 Å². The molecule has 17 heavy (non-hydrogen) atoms. The summed E-state index contributed by atoms with van der Waals surface area (Å²) in [6.45, 7) is 2.21. The molecule has 0 aliphatic carbocycles. The smallest absolute Gasteiger partial charge is 0.286 e. The van der Waals surface area contributed by atoms with Gasteiger partial charge < -0.3 is 0 Å². The second-order valence-electron chi connectivity index (χ2n) is 3.64. The zero-order valence-electron chi connectivity index (χ0n) is 9.57. The van der Waals surface area contributed by atoms with Crippen molar-refractivity contribution in [2.24, 2.45) is 0 Å². The zero-order valence-corrected chi connectivity index (χ0v) is 10.5. The highest BCUT2D eigenvalue weighted by molar-refractivity contribution is 7.48. The van der Waals surface area contributed by atoms with Crippen LogP contribution in [0.4, 0.5) is 0 Å². The molecule has 1 aliphatic heterocycles. The quantitative estimate of drug-likeness (QED) is 0.614. The summed E-state index contributed by atoms with van der Waals surface area (Å²) in [6.07, 6.45) is 0.296. The highest BCUT2D eigenvalue weighted by Gasteiger charge is 2.36. The molecule has 5 nitrogen and oxygen atoms in total. The number of hydrogen-bond acceptors (Lipinski definition) is 5. The molecule has 2 rings (SSSR count). The van der Waals surface area contributed by atoms with Gasteiger partial charge in [-0.05, 0) is 12.5 Å². The summed E-state index contributed by atoms with van der Waals surface area (Å²) in [4.78, 5) is 4.81. The van der Waals surface area contributed by atoms with Crippen molar-refractivity contribution in [1.29, 1.82) is 0 Å². The third kappa shape index (κ3) is 3.63. The maximum Gasteiger partial charge on any atom is 0.502 e. The molecule has 6 heteroatoms. The lowest BCUT2D eigenvalue weighted by Gasteiger charge is -2.27. The highest BCUT2D eigenvalue weighted by Crippen LogP contribution is 2.53. The molecule has 2 unspecified atom stereocenters. The second kappa shape index (κ2) is 5.76. The van der Waals surface area contributed by atoms with Crippen molar-refractivity contribution in [3.63, 3.8) is 0 Å². The summed E-state index contributed by atoms with van der Waals surface area (Å²) in [5.41, 5.74) is 1.09. The van der Waals surface area contributed by atoms with Crippen LogP contribution in [0, 0.1) is 0 Å². The first-order chi connectivity index (χ1) is 8.22. The van der Waals surface area contributed by atoms with Crippen LogP contribution in [-0.4, -0.2) is 19.3 Å². The van der Waals surface area contributed by atoms with E-state index in [1.165, 1.54) is 0 Å². The van der Waals surface area contributed by atoms with Crippen LogP contribution in [0.5, 0.6) is 0 Å². The largest absolute Gasteiger partial charge is 0.502 e. The first kappa shape index (κ1) is 12.7. The van der Waals surface area contributed by atoms with Gasteiger partial charge in [0.15, 0.2) is 0 Å². The van der Waals surface area contributed by atoms with E-state index < -0.39 is 7.82 Å². The predicted octanol–water partition coefficient (Wildman–Crippen LogP) is 2.72. The Bertz CT molecular complexity index is 388. The van der Waals surface area contributed by atoms with Crippen LogP contribution in [0.15, 0.2) is 30.3 Å². The van der Waals surface area contributed by atoms with Gasteiger partial charge in [0.2, 0.25) is 0 Å².